The van der Waals surface area contributed by atoms with Crippen LogP contribution in [0, 0.1) is 20.8 Å². The Bertz CT molecular complexity index is 1160. The first kappa shape index (κ1) is 20.9. The molecule has 1 N–H and O–H groups in total. The van der Waals surface area contributed by atoms with Crippen molar-refractivity contribution in [1.82, 2.24) is 19.5 Å². The third kappa shape index (κ3) is 4.88. The number of hydrogen-bond acceptors (Lipinski definition) is 4. The number of carbonyl (C=O) groups is 1. The van der Waals surface area contributed by atoms with Gasteiger partial charge < -0.3 is 5.32 Å². The second-order valence-electron chi connectivity index (χ2n) is 7.55. The van der Waals surface area contributed by atoms with Crippen LogP contribution in [0.5, 0.6) is 0 Å². The summed E-state index contributed by atoms with van der Waals surface area (Å²) in [7, 11) is 0. The van der Waals surface area contributed by atoms with E-state index in [1.54, 1.807) is 0 Å². The summed E-state index contributed by atoms with van der Waals surface area (Å²) in [6.45, 7) is 6.09. The quantitative estimate of drug-likeness (QED) is 0.433. The molecule has 0 bridgehead atoms. The summed E-state index contributed by atoms with van der Waals surface area (Å²) in [6, 6.07) is 18.2. The number of nitrogens with zero attached hydrogens (tertiary/aromatic N) is 4. The number of aromatic nitrogens is 4. The summed E-state index contributed by atoms with van der Waals surface area (Å²) in [6.07, 6.45) is 4.54. The molecule has 6 nitrogen and oxygen atoms in total. The van der Waals surface area contributed by atoms with Gasteiger partial charge in [0.25, 0.3) is 0 Å². The molecule has 0 radical (unpaired) electrons. The Morgan fingerprint density at radius 1 is 0.968 bits per heavy atom. The van der Waals surface area contributed by atoms with Crippen molar-refractivity contribution in [2.45, 2.75) is 32.3 Å². The molecule has 0 atom stereocenters. The molecule has 2 aromatic carbocycles. The molecular weight excluding hydrogens is 406 g/mol. The molecule has 0 saturated heterocycles. The third-order valence-electron chi connectivity index (χ3n) is 4.98. The minimum absolute atomic E-state index is 0.0632. The van der Waals surface area contributed by atoms with Crippen LogP contribution in [0.1, 0.15) is 28.1 Å². The zero-order valence-corrected chi connectivity index (χ0v) is 18.7. The van der Waals surface area contributed by atoms with Gasteiger partial charge in [-0.25, -0.2) is 4.68 Å². The lowest BCUT2D eigenvalue weighted by Crippen LogP contribution is -2.17. The van der Waals surface area contributed by atoms with E-state index in [4.69, 9.17) is 0 Å². The number of hydrogen-bond donors (Lipinski definition) is 1. The van der Waals surface area contributed by atoms with Gasteiger partial charge in [-0.05, 0) is 49.6 Å². The molecule has 4 aromatic rings. The van der Waals surface area contributed by atoms with Gasteiger partial charge in [0.1, 0.15) is 0 Å². The van der Waals surface area contributed by atoms with Gasteiger partial charge in [-0.15, -0.1) is 10.2 Å². The summed E-state index contributed by atoms with van der Waals surface area (Å²) in [5.74, 6) is 1.000. The lowest BCUT2D eigenvalue weighted by atomic mass is 10.1. The maximum atomic E-state index is 12.7. The van der Waals surface area contributed by atoms with Gasteiger partial charge in [-0.3, -0.25) is 9.47 Å². The van der Waals surface area contributed by atoms with E-state index in [1.165, 1.54) is 17.3 Å². The molecule has 2 heterocycles. The molecule has 158 valence electrons. The Morgan fingerprint density at radius 3 is 2.32 bits per heavy atom. The first-order valence-electron chi connectivity index (χ1n) is 10.1. The average molecular weight is 432 g/mol. The minimum atomic E-state index is -0.0632. The highest BCUT2D eigenvalue weighted by molar-refractivity contribution is 7.99. The summed E-state index contributed by atoms with van der Waals surface area (Å²) in [4.78, 5) is 12.7. The predicted molar refractivity (Wildman–Crippen MR) is 125 cm³/mol. The van der Waals surface area contributed by atoms with Crippen molar-refractivity contribution in [2.75, 3.05) is 11.1 Å². The van der Waals surface area contributed by atoms with E-state index in [-0.39, 0.29) is 11.7 Å². The van der Waals surface area contributed by atoms with Crippen molar-refractivity contribution in [3.63, 3.8) is 0 Å². The molecule has 0 unspecified atom stereocenters. The highest BCUT2D eigenvalue weighted by atomic mass is 32.2. The molecule has 0 fully saturated rings. The van der Waals surface area contributed by atoms with Crippen LogP contribution in [-0.2, 0) is 11.2 Å². The second-order valence-corrected chi connectivity index (χ2v) is 8.49. The van der Waals surface area contributed by atoms with E-state index in [0.29, 0.717) is 11.6 Å². The van der Waals surface area contributed by atoms with E-state index in [0.717, 1.165) is 28.2 Å². The molecule has 31 heavy (non-hydrogen) atoms. The SMILES string of the molecule is Cc1cc(C)c(NC(=O)CSc2nnc(Cc3ccccc3)n2-n2cccc2)c(C)c1. The van der Waals surface area contributed by atoms with Gasteiger partial charge >= 0.3 is 0 Å². The number of anilines is 1. The Labute approximate surface area is 186 Å². The van der Waals surface area contributed by atoms with E-state index in [2.05, 4.69) is 46.7 Å². The smallest absolute Gasteiger partial charge is 0.234 e. The maximum Gasteiger partial charge on any atom is 0.234 e. The van der Waals surface area contributed by atoms with E-state index in [1.807, 2.05) is 65.9 Å². The predicted octanol–water partition coefficient (Wildman–Crippen LogP) is 4.64. The zero-order valence-electron chi connectivity index (χ0n) is 17.9. The van der Waals surface area contributed by atoms with E-state index >= 15 is 0 Å². The van der Waals surface area contributed by atoms with Gasteiger partial charge in [0.15, 0.2) is 5.82 Å². The van der Waals surface area contributed by atoms with Gasteiger partial charge in [-0.1, -0.05) is 59.8 Å². The Kier molecular flexibility index (Phi) is 6.23. The Morgan fingerprint density at radius 2 is 1.65 bits per heavy atom. The second kappa shape index (κ2) is 9.22. The Hall–Kier alpha value is -3.32. The van der Waals surface area contributed by atoms with E-state index in [9.17, 15) is 4.79 Å². The molecule has 1 amide bonds. The number of benzene rings is 2. The molecule has 0 aliphatic carbocycles. The molecule has 0 saturated carbocycles. The highest BCUT2D eigenvalue weighted by Crippen LogP contribution is 2.24. The number of carbonyl (C=O) groups excluding carboxylic acids is 1. The van der Waals surface area contributed by atoms with Crippen molar-refractivity contribution in [3.8, 4) is 0 Å². The van der Waals surface area contributed by atoms with Gasteiger partial charge in [0.2, 0.25) is 11.1 Å². The van der Waals surface area contributed by atoms with Crippen LogP contribution in [0.4, 0.5) is 5.69 Å². The minimum Gasteiger partial charge on any atom is -0.325 e. The van der Waals surface area contributed by atoms with Gasteiger partial charge in [0, 0.05) is 24.5 Å². The molecule has 0 spiro atoms. The fourth-order valence-electron chi connectivity index (χ4n) is 3.65. The Balaban J connectivity index is 1.51. The van der Waals surface area contributed by atoms with Crippen LogP contribution >= 0.6 is 11.8 Å². The zero-order chi connectivity index (χ0) is 21.8. The number of thioether (sulfide) groups is 1. The lowest BCUT2D eigenvalue weighted by molar-refractivity contribution is -0.113. The van der Waals surface area contributed by atoms with Crippen LogP contribution in [-0.4, -0.2) is 31.2 Å². The van der Waals surface area contributed by atoms with Crippen LogP contribution in [0.3, 0.4) is 0 Å². The van der Waals surface area contributed by atoms with Crippen molar-refractivity contribution >= 4 is 23.4 Å². The molecular formula is C24H25N5OS. The molecule has 4 rings (SSSR count). The summed E-state index contributed by atoms with van der Waals surface area (Å²) in [5.41, 5.74) is 5.36. The number of rotatable bonds is 7. The number of aryl methyl sites for hydroxylation is 3. The van der Waals surface area contributed by atoms with Crippen LogP contribution < -0.4 is 5.32 Å². The van der Waals surface area contributed by atoms with Crippen molar-refractivity contribution in [3.05, 3.63) is 95.1 Å². The largest absolute Gasteiger partial charge is 0.325 e. The highest BCUT2D eigenvalue weighted by Gasteiger charge is 2.17. The van der Waals surface area contributed by atoms with Crippen LogP contribution in [0.15, 0.2) is 72.1 Å². The lowest BCUT2D eigenvalue weighted by Gasteiger charge is -2.13. The van der Waals surface area contributed by atoms with Crippen molar-refractivity contribution in [1.29, 1.82) is 0 Å². The normalized spacial score (nSPS) is 10.9. The summed E-state index contributed by atoms with van der Waals surface area (Å²) < 4.78 is 3.89. The summed E-state index contributed by atoms with van der Waals surface area (Å²) >= 11 is 1.38. The van der Waals surface area contributed by atoms with Crippen LogP contribution in [0.2, 0.25) is 0 Å². The topological polar surface area (TPSA) is 64.7 Å². The number of nitrogens with one attached hydrogen (secondary N) is 1. The summed E-state index contributed by atoms with van der Waals surface area (Å²) in [5, 5.41) is 12.5. The monoisotopic (exact) mass is 431 g/mol. The maximum absolute atomic E-state index is 12.7. The van der Waals surface area contributed by atoms with Gasteiger partial charge in [-0.2, -0.15) is 0 Å². The van der Waals surface area contributed by atoms with Crippen molar-refractivity contribution < 1.29 is 4.79 Å². The molecule has 0 aliphatic rings. The molecule has 7 heteroatoms. The van der Waals surface area contributed by atoms with E-state index < -0.39 is 0 Å². The van der Waals surface area contributed by atoms with Gasteiger partial charge in [0.05, 0.1) is 5.75 Å². The fraction of sp³-hybridized carbons (Fsp3) is 0.208. The standard InChI is InChI=1S/C24H25N5OS/c1-17-13-18(2)23(19(3)14-17)25-22(30)16-31-24-27-26-21(15-20-9-5-4-6-10-20)29(24)28-11-7-8-12-28/h4-14H,15-16H2,1-3H3,(H,25,30). The van der Waals surface area contributed by atoms with Crippen LogP contribution in [0.25, 0.3) is 0 Å². The average Bonchev–Trinajstić information content (AvgIpc) is 3.39. The fourth-order valence-corrected chi connectivity index (χ4v) is 4.40. The third-order valence-corrected chi connectivity index (χ3v) is 5.89. The first-order chi connectivity index (χ1) is 15.0. The molecule has 2 aromatic heterocycles. The molecule has 0 aliphatic heterocycles. The number of amides is 1. The first-order valence-corrected chi connectivity index (χ1v) is 11.1. The van der Waals surface area contributed by atoms with Crippen molar-refractivity contribution in [2.24, 2.45) is 0 Å².